The zero-order chi connectivity index (χ0) is 20.6. The molecule has 3 aromatic rings. The normalized spacial score (nSPS) is 16.2. The second-order valence-corrected chi connectivity index (χ2v) is 9.30. The molecule has 1 aliphatic heterocycles. The number of nitrogens with zero attached hydrogens (tertiary/aromatic N) is 4. The molecule has 0 bridgehead atoms. The number of hydrogen-bond donors (Lipinski definition) is 1. The highest BCUT2D eigenvalue weighted by molar-refractivity contribution is 7.89. The van der Waals surface area contributed by atoms with Gasteiger partial charge in [-0.2, -0.15) is 4.31 Å². The Hall–Kier alpha value is -2.78. The average molecular weight is 414 g/mol. The lowest BCUT2D eigenvalue weighted by atomic mass is 10.1. The highest BCUT2D eigenvalue weighted by atomic mass is 32.2. The van der Waals surface area contributed by atoms with Crippen molar-refractivity contribution >= 4 is 32.7 Å². The minimum absolute atomic E-state index is 0.122. The lowest BCUT2D eigenvalue weighted by Gasteiger charge is -2.31. The molecule has 8 nitrogen and oxygen atoms in total. The quantitative estimate of drug-likeness (QED) is 0.709. The minimum Gasteiger partial charge on any atom is -0.326 e. The highest BCUT2D eigenvalue weighted by Crippen LogP contribution is 2.29. The summed E-state index contributed by atoms with van der Waals surface area (Å²) in [5.74, 6) is -0.196. The Bertz CT molecular complexity index is 1150. The first-order valence-electron chi connectivity index (χ1n) is 9.54. The van der Waals surface area contributed by atoms with Gasteiger partial charge in [-0.25, -0.2) is 13.1 Å². The van der Waals surface area contributed by atoms with E-state index in [1.807, 2.05) is 29.8 Å². The lowest BCUT2D eigenvalue weighted by molar-refractivity contribution is -0.114. The molecular weight excluding hydrogens is 390 g/mol. The minimum atomic E-state index is -3.57. The number of hydrogen-bond acceptors (Lipinski definition) is 5. The van der Waals surface area contributed by atoms with Crippen LogP contribution in [0.25, 0.3) is 11.0 Å². The second kappa shape index (κ2) is 7.57. The van der Waals surface area contributed by atoms with Crippen molar-refractivity contribution in [3.63, 3.8) is 0 Å². The van der Waals surface area contributed by atoms with Gasteiger partial charge in [0.25, 0.3) is 0 Å². The standard InChI is InChI=1S/C20H23N5O3S/c1-14-3-8-20-19(13-14)22-23-25(20)17-9-11-24(12-10-17)29(27,28)18-6-4-16(5-7-18)21-15(2)26/h3-8,13,17H,9-12H2,1-2H3,(H,21,26). The van der Waals surface area contributed by atoms with Gasteiger partial charge in [-0.1, -0.05) is 11.3 Å². The smallest absolute Gasteiger partial charge is 0.243 e. The van der Waals surface area contributed by atoms with Crippen LogP contribution in [0, 0.1) is 6.92 Å². The summed E-state index contributed by atoms with van der Waals surface area (Å²) in [6.07, 6.45) is 1.35. The van der Waals surface area contributed by atoms with Crippen LogP contribution in [0.1, 0.15) is 31.4 Å². The van der Waals surface area contributed by atoms with Crippen LogP contribution in [-0.2, 0) is 14.8 Å². The molecule has 1 aromatic heterocycles. The molecule has 0 saturated carbocycles. The van der Waals surface area contributed by atoms with Crippen molar-refractivity contribution in [1.29, 1.82) is 0 Å². The predicted molar refractivity (Wildman–Crippen MR) is 110 cm³/mol. The van der Waals surface area contributed by atoms with E-state index in [9.17, 15) is 13.2 Å². The number of rotatable bonds is 4. The van der Waals surface area contributed by atoms with E-state index in [1.54, 1.807) is 12.1 Å². The molecule has 0 aliphatic carbocycles. The number of nitrogens with one attached hydrogen (secondary N) is 1. The Morgan fingerprint density at radius 2 is 1.79 bits per heavy atom. The number of carbonyl (C=O) groups is 1. The molecule has 4 rings (SSSR count). The van der Waals surface area contributed by atoms with Crippen molar-refractivity contribution in [1.82, 2.24) is 19.3 Å². The van der Waals surface area contributed by atoms with Gasteiger partial charge in [0, 0.05) is 25.7 Å². The van der Waals surface area contributed by atoms with E-state index in [4.69, 9.17) is 0 Å². The number of carbonyl (C=O) groups excluding carboxylic acids is 1. The van der Waals surface area contributed by atoms with Gasteiger partial charge in [0.1, 0.15) is 5.52 Å². The third kappa shape index (κ3) is 3.88. The molecule has 0 spiro atoms. The van der Waals surface area contributed by atoms with Crippen LogP contribution in [0.15, 0.2) is 47.4 Å². The molecule has 2 aromatic carbocycles. The van der Waals surface area contributed by atoms with Gasteiger partial charge >= 0.3 is 0 Å². The maximum atomic E-state index is 13.0. The number of sulfonamides is 1. The van der Waals surface area contributed by atoms with E-state index in [0.29, 0.717) is 31.6 Å². The summed E-state index contributed by atoms with van der Waals surface area (Å²) in [7, 11) is -3.57. The van der Waals surface area contributed by atoms with Gasteiger partial charge in [0.2, 0.25) is 15.9 Å². The summed E-state index contributed by atoms with van der Waals surface area (Å²) < 4.78 is 29.4. The molecule has 9 heteroatoms. The highest BCUT2D eigenvalue weighted by Gasteiger charge is 2.31. The van der Waals surface area contributed by atoms with Gasteiger partial charge < -0.3 is 5.32 Å². The van der Waals surface area contributed by atoms with E-state index in [0.717, 1.165) is 16.6 Å². The SMILES string of the molecule is CC(=O)Nc1ccc(S(=O)(=O)N2CCC(n3nnc4cc(C)ccc43)CC2)cc1. The second-order valence-electron chi connectivity index (χ2n) is 7.37. The Balaban J connectivity index is 1.47. The zero-order valence-corrected chi connectivity index (χ0v) is 17.2. The maximum Gasteiger partial charge on any atom is 0.243 e. The number of amides is 1. The van der Waals surface area contributed by atoms with Crippen LogP contribution in [0.5, 0.6) is 0 Å². The van der Waals surface area contributed by atoms with Crippen molar-refractivity contribution in [2.75, 3.05) is 18.4 Å². The third-order valence-corrected chi connectivity index (χ3v) is 7.12. The van der Waals surface area contributed by atoms with Crippen LogP contribution in [0.4, 0.5) is 5.69 Å². The Kier molecular flexibility index (Phi) is 5.10. The molecule has 2 heterocycles. The number of fused-ring (bicyclic) bond motifs is 1. The topological polar surface area (TPSA) is 97.2 Å². The molecule has 1 N–H and O–H groups in total. The summed E-state index contributed by atoms with van der Waals surface area (Å²) in [5.41, 5.74) is 3.54. The third-order valence-electron chi connectivity index (χ3n) is 5.21. The molecule has 29 heavy (non-hydrogen) atoms. The molecule has 1 aliphatic rings. The largest absolute Gasteiger partial charge is 0.326 e. The number of aromatic nitrogens is 3. The Morgan fingerprint density at radius 3 is 2.45 bits per heavy atom. The molecular formula is C20H23N5O3S. The first-order valence-corrected chi connectivity index (χ1v) is 11.0. The summed E-state index contributed by atoms with van der Waals surface area (Å²) in [4.78, 5) is 11.3. The fourth-order valence-electron chi connectivity index (χ4n) is 3.71. The van der Waals surface area contributed by atoms with E-state index < -0.39 is 10.0 Å². The first-order chi connectivity index (χ1) is 13.8. The summed E-state index contributed by atoms with van der Waals surface area (Å²) >= 11 is 0. The van der Waals surface area contributed by atoms with Crippen molar-refractivity contribution in [2.45, 2.75) is 37.6 Å². The lowest BCUT2D eigenvalue weighted by Crippen LogP contribution is -2.39. The predicted octanol–water partition coefficient (Wildman–Crippen LogP) is 2.72. The van der Waals surface area contributed by atoms with Crippen molar-refractivity contribution in [3.05, 3.63) is 48.0 Å². The summed E-state index contributed by atoms with van der Waals surface area (Å²) in [5, 5.41) is 11.2. The molecule has 0 radical (unpaired) electrons. The zero-order valence-electron chi connectivity index (χ0n) is 16.4. The van der Waals surface area contributed by atoms with Crippen LogP contribution in [0.2, 0.25) is 0 Å². The fourth-order valence-corrected chi connectivity index (χ4v) is 5.18. The van der Waals surface area contributed by atoms with E-state index in [-0.39, 0.29) is 16.8 Å². The Labute approximate surface area is 169 Å². The molecule has 1 amide bonds. The Morgan fingerprint density at radius 1 is 1.10 bits per heavy atom. The van der Waals surface area contributed by atoms with Crippen LogP contribution >= 0.6 is 0 Å². The first kappa shape index (κ1) is 19.5. The van der Waals surface area contributed by atoms with Gasteiger partial charge in [0.15, 0.2) is 0 Å². The monoisotopic (exact) mass is 413 g/mol. The van der Waals surface area contributed by atoms with E-state index in [2.05, 4.69) is 15.6 Å². The molecule has 1 saturated heterocycles. The van der Waals surface area contributed by atoms with Crippen LogP contribution in [-0.4, -0.2) is 46.7 Å². The van der Waals surface area contributed by atoms with Gasteiger partial charge in [-0.05, 0) is 61.7 Å². The molecule has 0 atom stereocenters. The molecule has 0 unspecified atom stereocenters. The average Bonchev–Trinajstić information content (AvgIpc) is 3.11. The number of benzene rings is 2. The molecule has 1 fully saturated rings. The number of anilines is 1. The van der Waals surface area contributed by atoms with Crippen molar-refractivity contribution in [3.8, 4) is 0 Å². The van der Waals surface area contributed by atoms with Gasteiger partial charge in [-0.15, -0.1) is 5.10 Å². The number of piperidine rings is 1. The molecule has 152 valence electrons. The van der Waals surface area contributed by atoms with E-state index >= 15 is 0 Å². The maximum absolute atomic E-state index is 13.0. The van der Waals surface area contributed by atoms with E-state index in [1.165, 1.54) is 23.4 Å². The van der Waals surface area contributed by atoms with Crippen LogP contribution in [0.3, 0.4) is 0 Å². The number of aryl methyl sites for hydroxylation is 1. The van der Waals surface area contributed by atoms with Crippen molar-refractivity contribution in [2.24, 2.45) is 0 Å². The van der Waals surface area contributed by atoms with Crippen LogP contribution < -0.4 is 5.32 Å². The van der Waals surface area contributed by atoms with Crippen molar-refractivity contribution < 1.29 is 13.2 Å². The van der Waals surface area contributed by atoms with Gasteiger partial charge in [-0.3, -0.25) is 4.79 Å². The summed E-state index contributed by atoms with van der Waals surface area (Å²) in [6.45, 7) is 4.28. The summed E-state index contributed by atoms with van der Waals surface area (Å²) in [6, 6.07) is 12.4. The van der Waals surface area contributed by atoms with Gasteiger partial charge in [0.05, 0.1) is 16.5 Å². The fraction of sp³-hybridized carbons (Fsp3) is 0.350.